The molecule has 3 aromatic carbocycles. The van der Waals surface area contributed by atoms with Crippen LogP contribution in [0.3, 0.4) is 0 Å². The molecule has 33 heavy (non-hydrogen) atoms. The van der Waals surface area contributed by atoms with E-state index in [0.29, 0.717) is 19.5 Å². The largest absolute Gasteiger partial charge is 0.343 e. The highest BCUT2D eigenvalue weighted by molar-refractivity contribution is 5.81. The Balaban J connectivity index is 1.35. The summed E-state index contributed by atoms with van der Waals surface area (Å²) in [6.45, 7) is 3.51. The van der Waals surface area contributed by atoms with Crippen LogP contribution in [0.4, 0.5) is 4.39 Å². The molecule has 1 fully saturated rings. The molecule has 0 bridgehead atoms. The fraction of sp³-hybridized carbons (Fsp3) is 0.286. The number of benzene rings is 3. The summed E-state index contributed by atoms with van der Waals surface area (Å²) in [7, 11) is 0. The first kappa shape index (κ1) is 21.4. The van der Waals surface area contributed by atoms with Gasteiger partial charge >= 0.3 is 0 Å². The third-order valence-corrected chi connectivity index (χ3v) is 6.72. The van der Waals surface area contributed by atoms with Crippen molar-refractivity contribution < 1.29 is 9.18 Å². The van der Waals surface area contributed by atoms with Gasteiger partial charge in [-0.05, 0) is 42.5 Å². The van der Waals surface area contributed by atoms with Gasteiger partial charge in [-0.25, -0.2) is 9.37 Å². The summed E-state index contributed by atoms with van der Waals surface area (Å²) >= 11 is 0. The Kier molecular flexibility index (Phi) is 5.95. The predicted octanol–water partition coefficient (Wildman–Crippen LogP) is 6.20. The first-order chi connectivity index (χ1) is 16.1. The van der Waals surface area contributed by atoms with Crippen LogP contribution in [0, 0.1) is 5.82 Å². The fourth-order valence-corrected chi connectivity index (χ4v) is 4.89. The second kappa shape index (κ2) is 9.18. The van der Waals surface area contributed by atoms with Crippen molar-refractivity contribution in [3.8, 4) is 11.4 Å². The molecular weight excluding hydrogens is 413 g/mol. The number of nitrogens with zero attached hydrogens (tertiary/aromatic N) is 3. The van der Waals surface area contributed by atoms with Gasteiger partial charge in [-0.3, -0.25) is 4.79 Å². The van der Waals surface area contributed by atoms with Crippen molar-refractivity contribution >= 4 is 16.9 Å². The van der Waals surface area contributed by atoms with Gasteiger partial charge in [-0.1, -0.05) is 67.6 Å². The summed E-state index contributed by atoms with van der Waals surface area (Å²) < 4.78 is 16.3. The number of hydrogen-bond acceptors (Lipinski definition) is 2. The molecule has 1 atom stereocenters. The summed E-state index contributed by atoms with van der Waals surface area (Å²) in [4.78, 5) is 19.8. The van der Waals surface area contributed by atoms with E-state index in [1.54, 1.807) is 12.1 Å². The molecule has 0 N–H and O–H groups in total. The first-order valence-electron chi connectivity index (χ1n) is 11.7. The third-order valence-electron chi connectivity index (χ3n) is 6.72. The van der Waals surface area contributed by atoms with Crippen molar-refractivity contribution in [3.05, 3.63) is 90.2 Å². The second-order valence-electron chi connectivity index (χ2n) is 8.93. The molecule has 0 radical (unpaired) electrons. The van der Waals surface area contributed by atoms with Gasteiger partial charge in [0.15, 0.2) is 0 Å². The third kappa shape index (κ3) is 4.40. The lowest BCUT2D eigenvalue weighted by molar-refractivity contribution is -0.132. The van der Waals surface area contributed by atoms with Crippen LogP contribution in [0.15, 0.2) is 78.9 Å². The van der Waals surface area contributed by atoms with E-state index in [4.69, 9.17) is 4.98 Å². The Morgan fingerprint density at radius 3 is 2.36 bits per heavy atom. The molecular formula is C28H28FN3O. The number of imidazole rings is 1. The standard InChI is InChI=1S/C28H28FN3O/c1-20(21-8-4-2-5-9-21)18-27(33)31-16-14-24(15-17-31)32-26-19-23(29)12-13-25(26)30-28(32)22-10-6-3-7-11-22/h2-13,19-20,24H,14-18H2,1H3. The number of rotatable bonds is 5. The van der Waals surface area contributed by atoms with E-state index in [2.05, 4.69) is 23.6 Å². The van der Waals surface area contributed by atoms with E-state index in [1.807, 2.05) is 53.4 Å². The van der Waals surface area contributed by atoms with Crippen molar-refractivity contribution in [2.24, 2.45) is 0 Å². The maximum atomic E-state index is 14.1. The number of hydrogen-bond donors (Lipinski definition) is 0. The first-order valence-corrected chi connectivity index (χ1v) is 11.7. The zero-order valence-corrected chi connectivity index (χ0v) is 18.8. The smallest absolute Gasteiger partial charge is 0.223 e. The summed E-state index contributed by atoms with van der Waals surface area (Å²) in [5.41, 5.74) is 3.83. The molecule has 4 nitrogen and oxygen atoms in total. The lowest BCUT2D eigenvalue weighted by atomic mass is 9.96. The molecule has 0 spiro atoms. The number of carbonyl (C=O) groups excluding carboxylic acids is 1. The molecule has 0 aliphatic carbocycles. The van der Waals surface area contributed by atoms with Crippen molar-refractivity contribution in [2.45, 2.75) is 38.1 Å². The minimum atomic E-state index is -0.259. The summed E-state index contributed by atoms with van der Waals surface area (Å²) in [6.07, 6.45) is 2.17. The van der Waals surface area contributed by atoms with Crippen LogP contribution in [-0.2, 0) is 4.79 Å². The van der Waals surface area contributed by atoms with Crippen LogP contribution in [0.25, 0.3) is 22.4 Å². The molecule has 4 aromatic rings. The van der Waals surface area contributed by atoms with Gasteiger partial charge in [0.05, 0.1) is 11.0 Å². The Morgan fingerprint density at radius 2 is 1.67 bits per heavy atom. The highest BCUT2D eigenvalue weighted by atomic mass is 19.1. The predicted molar refractivity (Wildman–Crippen MR) is 129 cm³/mol. The van der Waals surface area contributed by atoms with E-state index >= 15 is 0 Å². The zero-order chi connectivity index (χ0) is 22.8. The average molecular weight is 442 g/mol. The minimum absolute atomic E-state index is 0.169. The average Bonchev–Trinajstić information content (AvgIpc) is 3.23. The van der Waals surface area contributed by atoms with E-state index in [0.717, 1.165) is 35.3 Å². The highest BCUT2D eigenvalue weighted by Gasteiger charge is 2.28. The van der Waals surface area contributed by atoms with Crippen LogP contribution in [0.2, 0.25) is 0 Å². The Bertz CT molecular complexity index is 1240. The Labute approximate surface area is 193 Å². The summed E-state index contributed by atoms with van der Waals surface area (Å²) in [5.74, 6) is 1.00. The number of piperidine rings is 1. The van der Waals surface area contributed by atoms with Gasteiger partial charge in [0.2, 0.25) is 5.91 Å². The van der Waals surface area contributed by atoms with E-state index in [-0.39, 0.29) is 23.7 Å². The van der Waals surface area contributed by atoms with Crippen LogP contribution in [-0.4, -0.2) is 33.4 Å². The van der Waals surface area contributed by atoms with Gasteiger partial charge < -0.3 is 9.47 Å². The monoisotopic (exact) mass is 441 g/mol. The number of likely N-dealkylation sites (tertiary alicyclic amines) is 1. The molecule has 5 heteroatoms. The second-order valence-corrected chi connectivity index (χ2v) is 8.93. The molecule has 1 aliphatic rings. The molecule has 0 saturated carbocycles. The maximum absolute atomic E-state index is 14.1. The van der Waals surface area contributed by atoms with Crippen molar-refractivity contribution in [3.63, 3.8) is 0 Å². The van der Waals surface area contributed by atoms with E-state index < -0.39 is 0 Å². The van der Waals surface area contributed by atoms with Crippen molar-refractivity contribution in [2.75, 3.05) is 13.1 Å². The van der Waals surface area contributed by atoms with Crippen LogP contribution < -0.4 is 0 Å². The molecule has 1 aromatic heterocycles. The van der Waals surface area contributed by atoms with Crippen LogP contribution in [0.5, 0.6) is 0 Å². The maximum Gasteiger partial charge on any atom is 0.223 e. The zero-order valence-electron chi connectivity index (χ0n) is 18.8. The van der Waals surface area contributed by atoms with E-state index in [9.17, 15) is 9.18 Å². The number of halogens is 1. The van der Waals surface area contributed by atoms with Crippen LogP contribution in [0.1, 0.15) is 43.7 Å². The topological polar surface area (TPSA) is 38.1 Å². The lowest BCUT2D eigenvalue weighted by Crippen LogP contribution is -2.39. The number of aromatic nitrogens is 2. The normalized spacial score (nSPS) is 15.6. The number of fused-ring (bicyclic) bond motifs is 1. The minimum Gasteiger partial charge on any atom is -0.343 e. The Morgan fingerprint density at radius 1 is 1.00 bits per heavy atom. The molecule has 2 heterocycles. The van der Waals surface area contributed by atoms with E-state index in [1.165, 1.54) is 11.6 Å². The number of carbonyl (C=O) groups is 1. The molecule has 1 amide bonds. The van der Waals surface area contributed by atoms with Crippen molar-refractivity contribution in [1.29, 1.82) is 0 Å². The molecule has 5 rings (SSSR count). The fourth-order valence-electron chi connectivity index (χ4n) is 4.89. The van der Waals surface area contributed by atoms with Gasteiger partial charge in [-0.2, -0.15) is 0 Å². The van der Waals surface area contributed by atoms with Gasteiger partial charge in [0.25, 0.3) is 0 Å². The van der Waals surface area contributed by atoms with Gasteiger partial charge in [0.1, 0.15) is 11.6 Å². The molecule has 1 unspecified atom stereocenters. The van der Waals surface area contributed by atoms with Crippen LogP contribution >= 0.6 is 0 Å². The Hall–Kier alpha value is -3.47. The lowest BCUT2D eigenvalue weighted by Gasteiger charge is -2.34. The molecule has 1 saturated heterocycles. The van der Waals surface area contributed by atoms with Crippen molar-refractivity contribution in [1.82, 2.24) is 14.5 Å². The summed E-state index contributed by atoms with van der Waals surface area (Å²) in [6, 6.07) is 25.2. The summed E-state index contributed by atoms with van der Waals surface area (Å²) in [5, 5.41) is 0. The molecule has 168 valence electrons. The quantitative estimate of drug-likeness (QED) is 0.370. The number of amides is 1. The highest BCUT2D eigenvalue weighted by Crippen LogP contribution is 2.34. The molecule has 1 aliphatic heterocycles. The SMILES string of the molecule is CC(CC(=O)N1CCC(n2c(-c3ccccc3)nc3ccc(F)cc32)CC1)c1ccccc1. The van der Waals surface area contributed by atoms with Gasteiger partial charge in [-0.15, -0.1) is 0 Å². The van der Waals surface area contributed by atoms with Gasteiger partial charge in [0, 0.05) is 31.1 Å².